The third-order valence-electron chi connectivity index (χ3n) is 2.39. The van der Waals surface area contributed by atoms with Gasteiger partial charge in [-0.3, -0.25) is 4.21 Å². The van der Waals surface area contributed by atoms with Crippen LogP contribution in [0.2, 0.25) is 0 Å². The molecule has 0 spiro atoms. The van der Waals surface area contributed by atoms with Gasteiger partial charge < -0.3 is 5.32 Å². The molecule has 0 aliphatic rings. The van der Waals surface area contributed by atoms with E-state index >= 15 is 0 Å². The molecular weight excluding hydrogens is 330 g/mol. The van der Waals surface area contributed by atoms with E-state index in [4.69, 9.17) is 0 Å². The molecule has 2 rings (SSSR count). The molecule has 1 heterocycles. The Kier molecular flexibility index (Phi) is 5.56. The van der Waals surface area contributed by atoms with Crippen LogP contribution < -0.4 is 5.32 Å². The number of hydrogen-bond donors (Lipinski definition) is 1. The number of hydrogen-bond acceptors (Lipinski definition) is 3. The highest BCUT2D eigenvalue weighted by atomic mass is 79.9. The first-order valence-corrected chi connectivity index (χ1v) is 8.62. The van der Waals surface area contributed by atoms with Crippen LogP contribution in [0.25, 0.3) is 0 Å². The van der Waals surface area contributed by atoms with Gasteiger partial charge in [-0.05, 0) is 34.1 Å². The molecule has 2 aromatic rings. The second-order valence-corrected chi connectivity index (χ2v) is 7.25. The Morgan fingerprint density at radius 1 is 1.28 bits per heavy atom. The summed E-state index contributed by atoms with van der Waals surface area (Å²) in [5.74, 6) is 0.649. The second-order valence-electron chi connectivity index (χ2n) is 3.77. The molecule has 96 valence electrons. The van der Waals surface area contributed by atoms with Gasteiger partial charge in [-0.2, -0.15) is 0 Å². The molecule has 0 radical (unpaired) electrons. The van der Waals surface area contributed by atoms with Crippen molar-refractivity contribution in [3.8, 4) is 0 Å². The Labute approximate surface area is 122 Å². The molecule has 2 nitrogen and oxygen atoms in total. The van der Waals surface area contributed by atoms with Crippen LogP contribution in [0.5, 0.6) is 0 Å². The zero-order valence-corrected chi connectivity index (χ0v) is 13.0. The molecular formula is C13H14BrNOS2. The molecule has 1 aromatic heterocycles. The smallest absolute Gasteiger partial charge is 0.0542 e. The fourth-order valence-corrected chi connectivity index (χ4v) is 3.96. The van der Waals surface area contributed by atoms with Crippen LogP contribution in [-0.2, 0) is 17.3 Å². The highest BCUT2D eigenvalue weighted by Crippen LogP contribution is 2.19. The molecule has 0 amide bonds. The van der Waals surface area contributed by atoms with Gasteiger partial charge in [-0.1, -0.05) is 18.2 Å². The molecule has 0 aliphatic heterocycles. The summed E-state index contributed by atoms with van der Waals surface area (Å²) in [6.45, 7) is 1.60. The van der Waals surface area contributed by atoms with E-state index in [0.29, 0.717) is 5.75 Å². The predicted molar refractivity (Wildman–Crippen MR) is 81.4 cm³/mol. The lowest BCUT2D eigenvalue weighted by Crippen LogP contribution is -2.19. The van der Waals surface area contributed by atoms with E-state index in [1.807, 2.05) is 30.3 Å². The topological polar surface area (TPSA) is 29.1 Å². The quantitative estimate of drug-likeness (QED) is 0.814. The maximum Gasteiger partial charge on any atom is 0.0542 e. The van der Waals surface area contributed by atoms with Crippen molar-refractivity contribution >= 4 is 38.1 Å². The number of nitrogens with one attached hydrogen (secondary N) is 1. The van der Waals surface area contributed by atoms with Crippen LogP contribution in [-0.4, -0.2) is 16.5 Å². The van der Waals surface area contributed by atoms with E-state index in [-0.39, 0.29) is 0 Å². The highest BCUT2D eigenvalue weighted by molar-refractivity contribution is 9.10. The largest absolute Gasteiger partial charge is 0.311 e. The van der Waals surface area contributed by atoms with Crippen LogP contribution in [0.15, 0.2) is 51.1 Å². The minimum atomic E-state index is -0.904. The summed E-state index contributed by atoms with van der Waals surface area (Å²) < 4.78 is 13.0. The minimum absolute atomic E-state index is 0.649. The summed E-state index contributed by atoms with van der Waals surface area (Å²) in [5, 5.41) is 5.38. The van der Waals surface area contributed by atoms with Crippen LogP contribution >= 0.6 is 27.3 Å². The van der Waals surface area contributed by atoms with E-state index in [1.54, 1.807) is 11.3 Å². The predicted octanol–water partition coefficient (Wildman–Crippen LogP) is 3.41. The Balaban J connectivity index is 1.71. The molecule has 1 atom stereocenters. The summed E-state index contributed by atoms with van der Waals surface area (Å²) >= 11 is 5.15. The highest BCUT2D eigenvalue weighted by Gasteiger charge is 2.02. The SMILES string of the molecule is O=[S@](CCNCc1cc(Br)cs1)c1ccccc1. The summed E-state index contributed by atoms with van der Waals surface area (Å²) in [4.78, 5) is 2.19. The van der Waals surface area contributed by atoms with Crippen LogP contribution in [0, 0.1) is 0 Å². The minimum Gasteiger partial charge on any atom is -0.311 e. The normalized spacial score (nSPS) is 12.5. The van der Waals surface area contributed by atoms with Crippen molar-refractivity contribution in [2.24, 2.45) is 0 Å². The lowest BCUT2D eigenvalue weighted by atomic mass is 10.4. The summed E-state index contributed by atoms with van der Waals surface area (Å²) in [7, 11) is -0.904. The van der Waals surface area contributed by atoms with E-state index in [9.17, 15) is 4.21 Å². The number of benzene rings is 1. The Morgan fingerprint density at radius 3 is 2.72 bits per heavy atom. The Hall–Kier alpha value is -0.490. The van der Waals surface area contributed by atoms with Crippen LogP contribution in [0.1, 0.15) is 4.88 Å². The molecule has 1 aromatic carbocycles. The summed E-state index contributed by atoms with van der Waals surface area (Å²) in [5.41, 5.74) is 0. The third kappa shape index (κ3) is 4.31. The molecule has 1 N–H and O–H groups in total. The Bertz CT molecular complexity index is 513. The van der Waals surface area contributed by atoms with Gasteiger partial charge in [0, 0.05) is 38.5 Å². The number of thiophene rings is 1. The summed E-state index contributed by atoms with van der Waals surface area (Å²) in [6.07, 6.45) is 0. The molecule has 5 heteroatoms. The van der Waals surface area contributed by atoms with Gasteiger partial charge in [-0.15, -0.1) is 11.3 Å². The van der Waals surface area contributed by atoms with Gasteiger partial charge in [-0.25, -0.2) is 0 Å². The van der Waals surface area contributed by atoms with Crippen LogP contribution in [0.3, 0.4) is 0 Å². The van der Waals surface area contributed by atoms with Gasteiger partial charge in [0.15, 0.2) is 0 Å². The maximum absolute atomic E-state index is 11.9. The number of rotatable bonds is 6. The van der Waals surface area contributed by atoms with Gasteiger partial charge in [0.2, 0.25) is 0 Å². The van der Waals surface area contributed by atoms with Crippen molar-refractivity contribution in [3.63, 3.8) is 0 Å². The zero-order chi connectivity index (χ0) is 12.8. The van der Waals surface area contributed by atoms with Gasteiger partial charge in [0.05, 0.1) is 10.8 Å². The number of halogens is 1. The molecule has 0 unspecified atom stereocenters. The molecule has 0 bridgehead atoms. The first-order valence-electron chi connectivity index (χ1n) is 5.63. The first-order chi connectivity index (χ1) is 8.75. The van der Waals surface area contributed by atoms with Crippen molar-refractivity contribution in [1.82, 2.24) is 5.32 Å². The lowest BCUT2D eigenvalue weighted by molar-refractivity contribution is 0.674. The molecule has 0 saturated carbocycles. The zero-order valence-electron chi connectivity index (χ0n) is 9.77. The van der Waals surface area contributed by atoms with Gasteiger partial charge in [0.25, 0.3) is 0 Å². The second kappa shape index (κ2) is 7.19. The first kappa shape index (κ1) is 13.9. The average molecular weight is 344 g/mol. The standard InChI is InChI=1S/C13H14BrNOS2/c14-11-8-12(17-10-11)9-15-6-7-18(16)13-4-2-1-3-5-13/h1-5,8,10,15H,6-7,9H2/t18-/m1/s1. The van der Waals surface area contributed by atoms with E-state index in [0.717, 1.165) is 22.5 Å². The molecule has 0 saturated heterocycles. The van der Waals surface area contributed by atoms with E-state index in [1.165, 1.54) is 4.88 Å². The molecule has 0 fully saturated rings. The van der Waals surface area contributed by atoms with Gasteiger partial charge in [0.1, 0.15) is 0 Å². The van der Waals surface area contributed by atoms with Crippen molar-refractivity contribution in [1.29, 1.82) is 0 Å². The fourth-order valence-electron chi connectivity index (χ4n) is 1.51. The van der Waals surface area contributed by atoms with Crippen molar-refractivity contribution in [3.05, 3.63) is 51.1 Å². The fraction of sp³-hybridized carbons (Fsp3) is 0.231. The Morgan fingerprint density at radius 2 is 2.06 bits per heavy atom. The van der Waals surface area contributed by atoms with E-state index < -0.39 is 10.8 Å². The van der Waals surface area contributed by atoms with Crippen LogP contribution in [0.4, 0.5) is 0 Å². The molecule has 0 aliphatic carbocycles. The maximum atomic E-state index is 11.9. The lowest BCUT2D eigenvalue weighted by Gasteiger charge is -2.03. The van der Waals surface area contributed by atoms with Crippen molar-refractivity contribution in [2.45, 2.75) is 11.4 Å². The summed E-state index contributed by atoms with van der Waals surface area (Å²) in [6, 6.07) is 11.7. The van der Waals surface area contributed by atoms with E-state index in [2.05, 4.69) is 32.7 Å². The molecule has 18 heavy (non-hydrogen) atoms. The van der Waals surface area contributed by atoms with Crippen molar-refractivity contribution in [2.75, 3.05) is 12.3 Å². The monoisotopic (exact) mass is 343 g/mol. The van der Waals surface area contributed by atoms with Gasteiger partial charge >= 0.3 is 0 Å². The third-order valence-corrected chi connectivity index (χ3v) is 5.46. The van der Waals surface area contributed by atoms with Crippen molar-refractivity contribution < 1.29 is 4.21 Å². The average Bonchev–Trinajstić information content (AvgIpc) is 2.81.